The fourth-order valence-electron chi connectivity index (χ4n) is 1.48. The second-order valence-electron chi connectivity index (χ2n) is 3.65. The number of hydrogen-bond donors (Lipinski definition) is 0. The first-order valence-electron chi connectivity index (χ1n) is 4.81. The zero-order valence-electron chi connectivity index (χ0n) is 8.54. The van der Waals surface area contributed by atoms with Crippen LogP contribution in [0.4, 0.5) is 0 Å². The standard InChI is InChI=1S/C14H13/c1-11-6-8-13(9-7-11)14-5-3-4-12(2)10-14/h3-4,6-10H,1-2H3. The molecule has 0 nitrogen and oxygen atoms in total. The highest BCUT2D eigenvalue weighted by molar-refractivity contribution is 5.63. The Labute approximate surface area is 85.2 Å². The predicted molar refractivity (Wildman–Crippen MR) is 60.2 cm³/mol. The molecule has 0 bridgehead atoms. The molecule has 2 aromatic carbocycles. The Bertz CT molecular complexity index is 424. The molecule has 0 N–H and O–H groups in total. The van der Waals surface area contributed by atoms with Gasteiger partial charge in [0, 0.05) is 0 Å². The smallest absolute Gasteiger partial charge is 0.00990 e. The van der Waals surface area contributed by atoms with Gasteiger partial charge in [-0.3, -0.25) is 0 Å². The van der Waals surface area contributed by atoms with E-state index in [0.29, 0.717) is 0 Å². The van der Waals surface area contributed by atoms with E-state index >= 15 is 0 Å². The van der Waals surface area contributed by atoms with Crippen molar-refractivity contribution < 1.29 is 0 Å². The monoisotopic (exact) mass is 181 g/mol. The van der Waals surface area contributed by atoms with E-state index in [1.165, 1.54) is 22.3 Å². The molecule has 0 spiro atoms. The topological polar surface area (TPSA) is 0 Å². The van der Waals surface area contributed by atoms with E-state index in [-0.39, 0.29) is 0 Å². The summed E-state index contributed by atoms with van der Waals surface area (Å²) in [6.07, 6.45) is 0. The van der Waals surface area contributed by atoms with E-state index in [1.54, 1.807) is 0 Å². The maximum atomic E-state index is 3.24. The summed E-state index contributed by atoms with van der Waals surface area (Å²) in [7, 11) is 0. The minimum absolute atomic E-state index is 1.17. The van der Waals surface area contributed by atoms with Crippen LogP contribution in [0.1, 0.15) is 11.1 Å². The van der Waals surface area contributed by atoms with Gasteiger partial charge in [-0.1, -0.05) is 53.6 Å². The van der Waals surface area contributed by atoms with Crippen molar-refractivity contribution in [1.29, 1.82) is 0 Å². The molecule has 0 saturated carbocycles. The Morgan fingerprint density at radius 3 is 2.21 bits per heavy atom. The molecule has 0 saturated heterocycles. The van der Waals surface area contributed by atoms with Crippen molar-refractivity contribution in [2.75, 3.05) is 0 Å². The van der Waals surface area contributed by atoms with Gasteiger partial charge >= 0.3 is 0 Å². The third-order valence-corrected chi connectivity index (χ3v) is 2.32. The normalized spacial score (nSPS) is 10.1. The molecule has 2 rings (SSSR count). The summed E-state index contributed by atoms with van der Waals surface area (Å²) < 4.78 is 0. The highest BCUT2D eigenvalue weighted by Crippen LogP contribution is 2.19. The lowest BCUT2D eigenvalue weighted by Crippen LogP contribution is -1.80. The van der Waals surface area contributed by atoms with Crippen LogP contribution in [-0.2, 0) is 0 Å². The summed E-state index contributed by atoms with van der Waals surface area (Å²) in [6.45, 7) is 4.20. The maximum Gasteiger partial charge on any atom is -0.00990 e. The molecule has 2 aromatic rings. The molecular formula is C14H13. The summed E-state index contributed by atoms with van der Waals surface area (Å²) in [4.78, 5) is 0. The molecule has 0 unspecified atom stereocenters. The molecule has 0 aromatic heterocycles. The second kappa shape index (κ2) is 3.67. The zero-order chi connectivity index (χ0) is 9.97. The van der Waals surface area contributed by atoms with Crippen LogP contribution in [0.5, 0.6) is 0 Å². The van der Waals surface area contributed by atoms with Gasteiger partial charge in [-0.05, 0) is 31.0 Å². The van der Waals surface area contributed by atoms with Gasteiger partial charge in [0.25, 0.3) is 0 Å². The minimum atomic E-state index is 1.17. The summed E-state index contributed by atoms with van der Waals surface area (Å²) in [5.41, 5.74) is 4.98. The Morgan fingerprint density at radius 2 is 1.57 bits per heavy atom. The minimum Gasteiger partial charge on any atom is -0.0587 e. The molecule has 0 fully saturated rings. The van der Waals surface area contributed by atoms with Gasteiger partial charge in [0.1, 0.15) is 0 Å². The van der Waals surface area contributed by atoms with Crippen LogP contribution in [-0.4, -0.2) is 0 Å². The molecule has 0 aliphatic carbocycles. The van der Waals surface area contributed by atoms with Crippen LogP contribution in [0, 0.1) is 19.9 Å². The molecule has 0 heterocycles. The van der Waals surface area contributed by atoms with Crippen molar-refractivity contribution in [1.82, 2.24) is 0 Å². The molecule has 1 radical (unpaired) electrons. The second-order valence-corrected chi connectivity index (χ2v) is 3.65. The Morgan fingerprint density at radius 1 is 0.857 bits per heavy atom. The van der Waals surface area contributed by atoms with Gasteiger partial charge in [0.15, 0.2) is 0 Å². The van der Waals surface area contributed by atoms with Crippen LogP contribution in [0.25, 0.3) is 11.1 Å². The van der Waals surface area contributed by atoms with Crippen LogP contribution < -0.4 is 0 Å². The quantitative estimate of drug-likeness (QED) is 0.628. The molecular weight excluding hydrogens is 168 g/mol. The van der Waals surface area contributed by atoms with Crippen molar-refractivity contribution in [3.05, 3.63) is 59.7 Å². The third-order valence-electron chi connectivity index (χ3n) is 2.32. The first-order chi connectivity index (χ1) is 6.75. The summed E-state index contributed by atoms with van der Waals surface area (Å²) in [5, 5.41) is 0. The largest absolute Gasteiger partial charge is 0.0587 e. The fraction of sp³-hybridized carbons (Fsp3) is 0.143. The Balaban J connectivity index is 2.44. The summed E-state index contributed by atoms with van der Waals surface area (Å²) >= 11 is 0. The summed E-state index contributed by atoms with van der Waals surface area (Å²) in [6, 6.07) is 18.0. The van der Waals surface area contributed by atoms with Crippen LogP contribution in [0.15, 0.2) is 42.5 Å². The van der Waals surface area contributed by atoms with E-state index in [4.69, 9.17) is 0 Å². The number of aryl methyl sites for hydroxylation is 2. The van der Waals surface area contributed by atoms with Crippen molar-refractivity contribution in [2.24, 2.45) is 0 Å². The molecule has 69 valence electrons. The maximum absolute atomic E-state index is 3.24. The van der Waals surface area contributed by atoms with Crippen LogP contribution in [0.2, 0.25) is 0 Å². The van der Waals surface area contributed by atoms with E-state index in [1.807, 2.05) is 6.07 Å². The average Bonchev–Trinajstić information content (AvgIpc) is 2.19. The van der Waals surface area contributed by atoms with Crippen molar-refractivity contribution in [2.45, 2.75) is 13.8 Å². The first kappa shape index (κ1) is 9.01. The van der Waals surface area contributed by atoms with E-state index in [2.05, 4.69) is 56.3 Å². The predicted octanol–water partition coefficient (Wildman–Crippen LogP) is 3.77. The SMILES string of the molecule is Cc1ccc(-c2[c]ccc(C)c2)cc1. The van der Waals surface area contributed by atoms with Gasteiger partial charge in [0.2, 0.25) is 0 Å². The molecule has 0 amide bonds. The van der Waals surface area contributed by atoms with Gasteiger partial charge in [0.05, 0.1) is 0 Å². The van der Waals surface area contributed by atoms with E-state index in [0.717, 1.165) is 0 Å². The lowest BCUT2D eigenvalue weighted by molar-refractivity contribution is 1.44. The average molecular weight is 181 g/mol. The van der Waals surface area contributed by atoms with Crippen molar-refractivity contribution >= 4 is 0 Å². The highest BCUT2D eigenvalue weighted by Gasteiger charge is 1.96. The number of rotatable bonds is 1. The van der Waals surface area contributed by atoms with Gasteiger partial charge in [-0.25, -0.2) is 0 Å². The zero-order valence-corrected chi connectivity index (χ0v) is 8.54. The van der Waals surface area contributed by atoms with Crippen molar-refractivity contribution in [3.8, 4) is 11.1 Å². The third kappa shape index (κ3) is 1.85. The van der Waals surface area contributed by atoms with Gasteiger partial charge in [-0.15, -0.1) is 0 Å². The molecule has 0 heteroatoms. The summed E-state index contributed by atoms with van der Waals surface area (Å²) in [5.74, 6) is 0. The number of hydrogen-bond acceptors (Lipinski definition) is 0. The fourth-order valence-corrected chi connectivity index (χ4v) is 1.48. The Hall–Kier alpha value is -1.56. The first-order valence-corrected chi connectivity index (χ1v) is 4.81. The highest BCUT2D eigenvalue weighted by atomic mass is 14.0. The van der Waals surface area contributed by atoms with E-state index in [9.17, 15) is 0 Å². The lowest BCUT2D eigenvalue weighted by atomic mass is 10.0. The van der Waals surface area contributed by atoms with Crippen molar-refractivity contribution in [3.63, 3.8) is 0 Å². The Kier molecular flexibility index (Phi) is 2.36. The van der Waals surface area contributed by atoms with Crippen LogP contribution >= 0.6 is 0 Å². The number of benzene rings is 2. The molecule has 14 heavy (non-hydrogen) atoms. The van der Waals surface area contributed by atoms with Gasteiger partial charge in [-0.2, -0.15) is 0 Å². The molecule has 0 aliphatic rings. The van der Waals surface area contributed by atoms with Gasteiger partial charge < -0.3 is 0 Å². The molecule has 0 atom stereocenters. The van der Waals surface area contributed by atoms with Crippen LogP contribution in [0.3, 0.4) is 0 Å². The molecule has 0 aliphatic heterocycles. The lowest BCUT2D eigenvalue weighted by Gasteiger charge is -2.02. The van der Waals surface area contributed by atoms with E-state index < -0.39 is 0 Å².